The zero-order chi connectivity index (χ0) is 28.8. The number of aromatic nitrogens is 1. The number of fused-ring (bicyclic) bond motifs is 1. The molecule has 5 rings (SSSR count). The van der Waals surface area contributed by atoms with Gasteiger partial charge in [0, 0.05) is 58.4 Å². The molecule has 1 aliphatic rings. The number of nitrogens with one attached hydrogen (secondary N) is 1. The van der Waals surface area contributed by atoms with Crippen LogP contribution in [-0.2, 0) is 16.6 Å². The van der Waals surface area contributed by atoms with E-state index in [0.717, 1.165) is 59.4 Å². The minimum atomic E-state index is -3.67. The van der Waals surface area contributed by atoms with E-state index in [9.17, 15) is 13.2 Å². The molecular formula is C30H35N5O4S2. The summed E-state index contributed by atoms with van der Waals surface area (Å²) in [6.45, 7) is 7.61. The molecule has 1 aliphatic heterocycles. The highest BCUT2D eigenvalue weighted by molar-refractivity contribution is 7.89. The van der Waals surface area contributed by atoms with Crippen LogP contribution >= 0.6 is 11.3 Å². The van der Waals surface area contributed by atoms with Gasteiger partial charge in [0.1, 0.15) is 11.3 Å². The lowest BCUT2D eigenvalue weighted by molar-refractivity contribution is 0.0947. The Morgan fingerprint density at radius 1 is 1.00 bits per heavy atom. The lowest BCUT2D eigenvalue weighted by atomic mass is 10.2. The third-order valence-corrected chi connectivity index (χ3v) is 10.00. The quantitative estimate of drug-likeness (QED) is 0.280. The molecule has 0 radical (unpaired) electrons. The molecule has 1 N–H and O–H groups in total. The number of carbonyl (C=O) groups excluding carboxylic acids is 1. The molecule has 11 heteroatoms. The molecule has 1 saturated heterocycles. The van der Waals surface area contributed by atoms with Crippen molar-refractivity contribution in [2.45, 2.75) is 18.4 Å². The van der Waals surface area contributed by atoms with Crippen LogP contribution in [-0.4, -0.2) is 81.4 Å². The van der Waals surface area contributed by atoms with Gasteiger partial charge in [0.2, 0.25) is 10.0 Å². The monoisotopic (exact) mass is 593 g/mol. The summed E-state index contributed by atoms with van der Waals surface area (Å²) in [4.78, 5) is 22.4. The molecule has 0 bridgehead atoms. The number of benzene rings is 3. The smallest absolute Gasteiger partial charge is 0.251 e. The number of carbonyl (C=O) groups is 1. The van der Waals surface area contributed by atoms with E-state index in [0.29, 0.717) is 18.7 Å². The fraction of sp³-hybridized carbons (Fsp3) is 0.333. The Morgan fingerprint density at radius 2 is 1.73 bits per heavy atom. The summed E-state index contributed by atoms with van der Waals surface area (Å²) in [5.74, 6) is 0.610. The van der Waals surface area contributed by atoms with Gasteiger partial charge in [-0.05, 0) is 48.9 Å². The zero-order valence-corrected chi connectivity index (χ0v) is 25.0. The van der Waals surface area contributed by atoms with E-state index in [4.69, 9.17) is 9.72 Å². The first-order valence-electron chi connectivity index (χ1n) is 13.7. The van der Waals surface area contributed by atoms with Crippen LogP contribution in [0.4, 0.5) is 5.13 Å². The minimum absolute atomic E-state index is 0.160. The van der Waals surface area contributed by atoms with Gasteiger partial charge < -0.3 is 15.0 Å². The maximum absolute atomic E-state index is 13.0. The van der Waals surface area contributed by atoms with Crippen LogP contribution in [0.3, 0.4) is 0 Å². The summed E-state index contributed by atoms with van der Waals surface area (Å²) in [7, 11) is -2.11. The minimum Gasteiger partial charge on any atom is -0.492 e. The Balaban J connectivity index is 1.08. The summed E-state index contributed by atoms with van der Waals surface area (Å²) < 4.78 is 34.1. The van der Waals surface area contributed by atoms with E-state index in [1.807, 2.05) is 49.4 Å². The lowest BCUT2D eigenvalue weighted by Gasteiger charge is -2.34. The van der Waals surface area contributed by atoms with Crippen molar-refractivity contribution in [3.8, 4) is 5.75 Å². The number of thiazole rings is 1. The number of ether oxygens (including phenoxy) is 1. The summed E-state index contributed by atoms with van der Waals surface area (Å²) in [5, 5.41) is 3.97. The number of sulfonamides is 1. The summed E-state index contributed by atoms with van der Waals surface area (Å²) in [6, 6.07) is 21.6. The van der Waals surface area contributed by atoms with Crippen molar-refractivity contribution in [2.24, 2.45) is 0 Å². The first kappa shape index (κ1) is 29.0. The van der Waals surface area contributed by atoms with E-state index in [1.54, 1.807) is 30.5 Å². The second kappa shape index (κ2) is 13.0. The van der Waals surface area contributed by atoms with Gasteiger partial charge >= 0.3 is 0 Å². The van der Waals surface area contributed by atoms with Crippen molar-refractivity contribution < 1.29 is 17.9 Å². The van der Waals surface area contributed by atoms with Gasteiger partial charge in [-0.2, -0.15) is 4.31 Å². The van der Waals surface area contributed by atoms with Gasteiger partial charge in [-0.25, -0.2) is 13.4 Å². The van der Waals surface area contributed by atoms with Crippen LogP contribution in [0.2, 0.25) is 0 Å². The van der Waals surface area contributed by atoms with E-state index in [2.05, 4.69) is 21.2 Å². The van der Waals surface area contributed by atoms with Crippen molar-refractivity contribution in [2.75, 3.05) is 57.8 Å². The number of hydrogen-bond donors (Lipinski definition) is 1. The SMILES string of the molecule is CCOc1cccc2sc(N3CCN(CCNC(=O)c4ccc(S(=O)(=O)N(C)Cc5ccccc5)cc4)CC3)nc12. The maximum atomic E-state index is 13.0. The standard InChI is InChI=1S/C30H35N5O4S2/c1-3-39-26-10-7-11-27-28(26)32-30(40-27)35-20-18-34(19-21-35)17-16-31-29(36)24-12-14-25(15-13-24)41(37,38)33(2)22-23-8-5-4-6-9-23/h4-15H,3,16-22H2,1-2H3,(H,31,36). The Kier molecular flexibility index (Phi) is 9.19. The second-order valence-electron chi connectivity index (χ2n) is 9.89. The summed E-state index contributed by atoms with van der Waals surface area (Å²) >= 11 is 1.69. The van der Waals surface area contributed by atoms with Crippen LogP contribution in [0.15, 0.2) is 77.7 Å². The van der Waals surface area contributed by atoms with E-state index in [1.165, 1.54) is 16.4 Å². The second-order valence-corrected chi connectivity index (χ2v) is 12.9. The molecule has 0 saturated carbocycles. The zero-order valence-electron chi connectivity index (χ0n) is 23.3. The molecule has 0 unspecified atom stereocenters. The van der Waals surface area contributed by atoms with Gasteiger partial charge in [0.15, 0.2) is 5.13 Å². The third kappa shape index (κ3) is 6.87. The van der Waals surface area contributed by atoms with Crippen LogP contribution in [0.25, 0.3) is 10.2 Å². The van der Waals surface area contributed by atoms with Gasteiger partial charge in [0.05, 0.1) is 16.2 Å². The van der Waals surface area contributed by atoms with E-state index >= 15 is 0 Å². The van der Waals surface area contributed by atoms with Crippen LogP contribution in [0, 0.1) is 0 Å². The van der Waals surface area contributed by atoms with Crippen LogP contribution in [0.1, 0.15) is 22.8 Å². The maximum Gasteiger partial charge on any atom is 0.251 e. The number of hydrogen-bond acceptors (Lipinski definition) is 8. The van der Waals surface area contributed by atoms with Crippen molar-refractivity contribution in [3.05, 3.63) is 83.9 Å². The largest absolute Gasteiger partial charge is 0.492 e. The molecule has 2 heterocycles. The Bertz CT molecular complexity index is 1570. The van der Waals surface area contributed by atoms with E-state index in [-0.39, 0.29) is 17.3 Å². The van der Waals surface area contributed by atoms with Crippen LogP contribution in [0.5, 0.6) is 5.75 Å². The molecule has 1 amide bonds. The predicted molar refractivity (Wildman–Crippen MR) is 163 cm³/mol. The molecule has 4 aromatic rings. The molecule has 41 heavy (non-hydrogen) atoms. The molecule has 0 atom stereocenters. The number of para-hydroxylation sites is 1. The van der Waals surface area contributed by atoms with Crippen LogP contribution < -0.4 is 15.0 Å². The normalized spacial score (nSPS) is 14.5. The Morgan fingerprint density at radius 3 is 2.44 bits per heavy atom. The molecule has 9 nitrogen and oxygen atoms in total. The summed E-state index contributed by atoms with van der Waals surface area (Å²) in [5.41, 5.74) is 2.26. The van der Waals surface area contributed by atoms with Crippen molar-refractivity contribution in [1.82, 2.24) is 19.5 Å². The molecule has 3 aromatic carbocycles. The molecule has 216 valence electrons. The van der Waals surface area contributed by atoms with Gasteiger partial charge in [-0.3, -0.25) is 9.69 Å². The number of piperazine rings is 1. The number of anilines is 1. The van der Waals surface area contributed by atoms with Crippen molar-refractivity contribution in [3.63, 3.8) is 0 Å². The number of rotatable bonds is 11. The summed E-state index contributed by atoms with van der Waals surface area (Å²) in [6.07, 6.45) is 0. The average Bonchev–Trinajstić information content (AvgIpc) is 3.44. The Hall–Kier alpha value is -3.51. The topological polar surface area (TPSA) is 95.1 Å². The fourth-order valence-corrected chi connectivity index (χ4v) is 6.99. The highest BCUT2D eigenvalue weighted by Gasteiger charge is 2.22. The highest BCUT2D eigenvalue weighted by atomic mass is 32.2. The third-order valence-electron chi connectivity index (χ3n) is 7.10. The van der Waals surface area contributed by atoms with Crippen molar-refractivity contribution >= 4 is 42.6 Å². The first-order valence-corrected chi connectivity index (χ1v) is 16.0. The fourth-order valence-electron chi connectivity index (χ4n) is 4.79. The number of nitrogens with zero attached hydrogens (tertiary/aromatic N) is 4. The van der Waals surface area contributed by atoms with E-state index < -0.39 is 10.0 Å². The Labute approximate surface area is 245 Å². The molecule has 1 aromatic heterocycles. The molecule has 0 aliphatic carbocycles. The predicted octanol–water partition coefficient (Wildman–Crippen LogP) is 4.07. The van der Waals surface area contributed by atoms with Gasteiger partial charge in [0.25, 0.3) is 5.91 Å². The number of amides is 1. The molecule has 0 spiro atoms. The van der Waals surface area contributed by atoms with Gasteiger partial charge in [-0.1, -0.05) is 47.7 Å². The van der Waals surface area contributed by atoms with Gasteiger partial charge in [-0.15, -0.1) is 0 Å². The average molecular weight is 594 g/mol. The first-order chi connectivity index (χ1) is 19.8. The highest BCUT2D eigenvalue weighted by Crippen LogP contribution is 2.34. The molecular weight excluding hydrogens is 558 g/mol. The van der Waals surface area contributed by atoms with Crippen molar-refractivity contribution in [1.29, 1.82) is 0 Å². The lowest BCUT2D eigenvalue weighted by Crippen LogP contribution is -2.48. The molecule has 1 fully saturated rings.